The Morgan fingerprint density at radius 1 is 1.22 bits per heavy atom. The third kappa shape index (κ3) is 1.80. The molecule has 0 spiro atoms. The zero-order chi connectivity index (χ0) is 12.5. The summed E-state index contributed by atoms with van der Waals surface area (Å²) in [6.07, 6.45) is 5.48. The zero-order valence-electron chi connectivity index (χ0n) is 10.6. The van der Waals surface area contributed by atoms with Gasteiger partial charge in [-0.25, -0.2) is 0 Å². The number of ether oxygens (including phenoxy) is 1. The Kier molecular flexibility index (Phi) is 2.82. The third-order valence-corrected chi connectivity index (χ3v) is 3.72. The molecule has 2 aliphatic rings. The molecule has 0 atom stereocenters. The number of fused-ring (bicyclic) bond motifs is 1. The summed E-state index contributed by atoms with van der Waals surface area (Å²) in [5.41, 5.74) is 3.01. The van der Waals surface area contributed by atoms with Crippen LogP contribution >= 0.6 is 0 Å². The Labute approximate surface area is 107 Å². The van der Waals surface area contributed by atoms with E-state index >= 15 is 0 Å². The van der Waals surface area contributed by atoms with Crippen molar-refractivity contribution in [3.05, 3.63) is 29.3 Å². The fourth-order valence-corrected chi connectivity index (χ4v) is 2.62. The summed E-state index contributed by atoms with van der Waals surface area (Å²) >= 11 is 0. The Morgan fingerprint density at radius 3 is 2.72 bits per heavy atom. The number of nitrogens with zero attached hydrogens (tertiary/aromatic N) is 1. The van der Waals surface area contributed by atoms with Gasteiger partial charge in [0.1, 0.15) is 5.75 Å². The summed E-state index contributed by atoms with van der Waals surface area (Å²) in [6.45, 7) is 1.80. The molecule has 18 heavy (non-hydrogen) atoms. The first-order chi connectivity index (χ1) is 8.79. The van der Waals surface area contributed by atoms with Gasteiger partial charge in [-0.05, 0) is 48.6 Å². The maximum atomic E-state index is 12.4. The first-order valence-corrected chi connectivity index (χ1v) is 6.49. The molecule has 3 heteroatoms. The number of hydrogen-bond acceptors (Lipinski definition) is 2. The molecule has 1 amide bonds. The number of piperidine rings is 1. The first-order valence-electron chi connectivity index (χ1n) is 6.49. The Bertz CT molecular complexity index is 513. The monoisotopic (exact) mass is 243 g/mol. The number of carbonyl (C=O) groups excluding carboxylic acids is 1. The van der Waals surface area contributed by atoms with Crippen LogP contribution in [0.2, 0.25) is 0 Å². The third-order valence-electron chi connectivity index (χ3n) is 3.72. The summed E-state index contributed by atoms with van der Waals surface area (Å²) in [6, 6.07) is 5.88. The summed E-state index contributed by atoms with van der Waals surface area (Å²) in [5.74, 6) is 0.987. The quantitative estimate of drug-likeness (QED) is 0.799. The van der Waals surface area contributed by atoms with Crippen molar-refractivity contribution < 1.29 is 9.53 Å². The largest absolute Gasteiger partial charge is 0.497 e. The lowest BCUT2D eigenvalue weighted by Crippen LogP contribution is -2.37. The SMILES string of the molecule is COc1ccc2c(c1)C(C(=O)N1CCCCC1)=C2. The van der Waals surface area contributed by atoms with Crippen LogP contribution in [0.25, 0.3) is 11.6 Å². The van der Waals surface area contributed by atoms with Crippen molar-refractivity contribution >= 4 is 17.6 Å². The van der Waals surface area contributed by atoms with Crippen LogP contribution in [-0.4, -0.2) is 31.0 Å². The van der Waals surface area contributed by atoms with Crippen molar-refractivity contribution in [3.8, 4) is 5.75 Å². The average molecular weight is 243 g/mol. The van der Waals surface area contributed by atoms with Crippen LogP contribution in [-0.2, 0) is 4.79 Å². The van der Waals surface area contributed by atoms with Crippen LogP contribution in [0.3, 0.4) is 0 Å². The van der Waals surface area contributed by atoms with Crippen LogP contribution in [0.15, 0.2) is 18.2 Å². The molecule has 0 bridgehead atoms. The molecule has 1 aromatic rings. The van der Waals surface area contributed by atoms with E-state index in [0.29, 0.717) is 0 Å². The first kappa shape index (κ1) is 11.3. The average Bonchev–Trinajstić information content (AvgIpc) is 2.41. The van der Waals surface area contributed by atoms with Gasteiger partial charge >= 0.3 is 0 Å². The molecule has 1 aliphatic carbocycles. The van der Waals surface area contributed by atoms with Gasteiger partial charge in [-0.1, -0.05) is 6.07 Å². The van der Waals surface area contributed by atoms with E-state index in [9.17, 15) is 4.79 Å². The van der Waals surface area contributed by atoms with E-state index in [-0.39, 0.29) is 5.91 Å². The fourth-order valence-electron chi connectivity index (χ4n) is 2.62. The minimum absolute atomic E-state index is 0.176. The predicted octanol–water partition coefficient (Wildman–Crippen LogP) is 2.56. The van der Waals surface area contributed by atoms with E-state index in [4.69, 9.17) is 4.74 Å². The molecule has 3 nitrogen and oxygen atoms in total. The van der Waals surface area contributed by atoms with Crippen molar-refractivity contribution in [2.75, 3.05) is 20.2 Å². The maximum Gasteiger partial charge on any atom is 0.254 e. The van der Waals surface area contributed by atoms with Gasteiger partial charge in [-0.2, -0.15) is 0 Å². The van der Waals surface area contributed by atoms with Crippen LogP contribution in [0.1, 0.15) is 30.4 Å². The number of hydrogen-bond donors (Lipinski definition) is 0. The van der Waals surface area contributed by atoms with Crippen LogP contribution in [0.5, 0.6) is 5.75 Å². The van der Waals surface area contributed by atoms with Gasteiger partial charge in [0.15, 0.2) is 0 Å². The topological polar surface area (TPSA) is 29.5 Å². The highest BCUT2D eigenvalue weighted by Gasteiger charge is 2.27. The standard InChI is InChI=1S/C15H17NO2/c1-18-12-6-5-11-9-14(13(11)10-12)15(17)16-7-3-2-4-8-16/h5-6,9-10H,2-4,7-8H2,1H3. The zero-order valence-corrected chi connectivity index (χ0v) is 10.6. The molecule has 1 saturated heterocycles. The number of likely N-dealkylation sites (tertiary alicyclic amines) is 1. The minimum atomic E-state index is 0.176. The number of rotatable bonds is 2. The van der Waals surface area contributed by atoms with Gasteiger partial charge in [-0.15, -0.1) is 0 Å². The Balaban J connectivity index is 1.79. The number of benzene rings is 1. The van der Waals surface area contributed by atoms with Crippen molar-refractivity contribution in [3.63, 3.8) is 0 Å². The van der Waals surface area contributed by atoms with E-state index in [0.717, 1.165) is 48.4 Å². The van der Waals surface area contributed by atoms with Crippen molar-refractivity contribution in [1.82, 2.24) is 4.90 Å². The highest BCUT2D eigenvalue weighted by Crippen LogP contribution is 2.36. The highest BCUT2D eigenvalue weighted by atomic mass is 16.5. The molecule has 0 radical (unpaired) electrons. The molecule has 0 aromatic heterocycles. The highest BCUT2D eigenvalue weighted by molar-refractivity contribution is 6.29. The molecule has 1 fully saturated rings. The smallest absolute Gasteiger partial charge is 0.254 e. The molecule has 1 aromatic carbocycles. The van der Waals surface area contributed by atoms with Crippen molar-refractivity contribution in [2.45, 2.75) is 19.3 Å². The second-order valence-electron chi connectivity index (χ2n) is 4.86. The molecule has 0 unspecified atom stereocenters. The van der Waals surface area contributed by atoms with Gasteiger partial charge in [0.2, 0.25) is 0 Å². The Hall–Kier alpha value is -1.77. The lowest BCUT2D eigenvalue weighted by Gasteiger charge is -2.30. The van der Waals surface area contributed by atoms with Gasteiger partial charge in [0.25, 0.3) is 5.91 Å². The maximum absolute atomic E-state index is 12.4. The fraction of sp³-hybridized carbons (Fsp3) is 0.400. The molecule has 94 valence electrons. The van der Waals surface area contributed by atoms with Gasteiger partial charge < -0.3 is 9.64 Å². The van der Waals surface area contributed by atoms with Gasteiger partial charge in [0.05, 0.1) is 7.11 Å². The Morgan fingerprint density at radius 2 is 2.00 bits per heavy atom. The van der Waals surface area contributed by atoms with E-state index in [1.165, 1.54) is 6.42 Å². The molecule has 0 N–H and O–H groups in total. The minimum Gasteiger partial charge on any atom is -0.497 e. The molecule has 1 aliphatic heterocycles. The summed E-state index contributed by atoms with van der Waals surface area (Å²) < 4.78 is 5.21. The van der Waals surface area contributed by atoms with Crippen LogP contribution in [0.4, 0.5) is 0 Å². The van der Waals surface area contributed by atoms with E-state index < -0.39 is 0 Å². The second kappa shape index (κ2) is 4.48. The number of amides is 1. The number of carbonyl (C=O) groups is 1. The van der Waals surface area contributed by atoms with Crippen molar-refractivity contribution in [1.29, 1.82) is 0 Å². The van der Waals surface area contributed by atoms with Gasteiger partial charge in [-0.3, -0.25) is 4.79 Å². The van der Waals surface area contributed by atoms with E-state index in [1.807, 2.05) is 29.2 Å². The lowest BCUT2D eigenvalue weighted by atomic mass is 9.87. The molecule has 0 saturated carbocycles. The van der Waals surface area contributed by atoms with E-state index in [2.05, 4.69) is 0 Å². The summed E-state index contributed by atoms with van der Waals surface area (Å²) in [4.78, 5) is 14.3. The summed E-state index contributed by atoms with van der Waals surface area (Å²) in [7, 11) is 1.65. The van der Waals surface area contributed by atoms with Crippen molar-refractivity contribution in [2.24, 2.45) is 0 Å². The van der Waals surface area contributed by atoms with Crippen LogP contribution < -0.4 is 4.74 Å². The van der Waals surface area contributed by atoms with Crippen LogP contribution in [0, 0.1) is 0 Å². The molecule has 3 rings (SSSR count). The second-order valence-corrected chi connectivity index (χ2v) is 4.86. The normalized spacial score (nSPS) is 17.6. The van der Waals surface area contributed by atoms with E-state index in [1.54, 1.807) is 7.11 Å². The molecular formula is C15H17NO2. The molecular weight excluding hydrogens is 226 g/mol. The lowest BCUT2D eigenvalue weighted by molar-refractivity contribution is -0.125. The number of methoxy groups -OCH3 is 1. The predicted molar refractivity (Wildman–Crippen MR) is 71.3 cm³/mol. The summed E-state index contributed by atoms with van der Waals surface area (Å²) in [5, 5.41) is 0. The van der Waals surface area contributed by atoms with Gasteiger partial charge in [0, 0.05) is 18.7 Å². The molecule has 1 heterocycles.